The molecule has 412 valence electrons. The van der Waals surface area contributed by atoms with Crippen molar-refractivity contribution in [3.05, 3.63) is 12.2 Å². The van der Waals surface area contributed by atoms with E-state index in [4.69, 9.17) is 28.0 Å². The molecule has 0 radical (unpaired) electrons. The molecule has 0 aromatic carbocycles. The van der Waals surface area contributed by atoms with Gasteiger partial charge in [-0.05, 0) is 38.5 Å². The van der Waals surface area contributed by atoms with Crippen LogP contribution in [-0.2, 0) is 42.1 Å². The Morgan fingerprint density at radius 2 is 0.943 bits per heavy atom. The summed E-state index contributed by atoms with van der Waals surface area (Å²) in [6.45, 7) is 2.24. The summed E-state index contributed by atoms with van der Waals surface area (Å²) in [5.41, 5.74) is 0. The molecule has 1 heterocycles. The number of aliphatic hydroxyl groups excluding tert-OH is 8. The summed E-state index contributed by atoms with van der Waals surface area (Å²) in [5, 5.41) is 83.0. The second-order valence-corrected chi connectivity index (χ2v) is 20.8. The van der Waals surface area contributed by atoms with Gasteiger partial charge in [-0.1, -0.05) is 167 Å². The Morgan fingerprint density at radius 1 is 0.529 bits per heavy atom. The summed E-state index contributed by atoms with van der Waals surface area (Å²) in [7, 11) is -5.38. The summed E-state index contributed by atoms with van der Waals surface area (Å²) >= 11 is 0. The Hall–Kier alpha value is -1.61. The van der Waals surface area contributed by atoms with Gasteiger partial charge >= 0.3 is 19.8 Å². The largest absolute Gasteiger partial charge is 0.472 e. The summed E-state index contributed by atoms with van der Waals surface area (Å²) in [4.78, 5) is 36.6. The molecular weight excluding hydrogens is 932 g/mol. The molecule has 13 atom stereocenters. The number of hydrogen-bond acceptors (Lipinski definition) is 17. The lowest BCUT2D eigenvalue weighted by molar-refractivity contribution is -0.338. The normalized spacial score (nSPS) is 27.4. The topological polar surface area (TPSA) is 289 Å². The minimum atomic E-state index is -5.38. The predicted octanol–water partition coefficient (Wildman–Crippen LogP) is 6.88. The van der Waals surface area contributed by atoms with E-state index in [1.54, 1.807) is 0 Å². The van der Waals surface area contributed by atoms with Crippen LogP contribution in [0.5, 0.6) is 0 Å². The molecule has 2 aliphatic rings. The molecule has 1 aliphatic heterocycles. The van der Waals surface area contributed by atoms with Crippen LogP contribution in [0.4, 0.5) is 0 Å². The number of phosphoric acid groups is 1. The van der Waals surface area contributed by atoms with Gasteiger partial charge in [0.25, 0.3) is 0 Å². The number of allylic oxidation sites excluding steroid dienone is 2. The average Bonchev–Trinajstić information content (AvgIpc) is 3.34. The molecule has 70 heavy (non-hydrogen) atoms. The zero-order valence-corrected chi connectivity index (χ0v) is 43.5. The summed E-state index contributed by atoms with van der Waals surface area (Å²) in [6, 6.07) is 0. The highest BCUT2D eigenvalue weighted by molar-refractivity contribution is 7.47. The highest BCUT2D eigenvalue weighted by atomic mass is 31.2. The first-order chi connectivity index (χ1) is 33.7. The van der Waals surface area contributed by atoms with Gasteiger partial charge in [-0.25, -0.2) is 4.57 Å². The Labute approximate surface area is 418 Å². The van der Waals surface area contributed by atoms with Crippen molar-refractivity contribution in [3.63, 3.8) is 0 Å². The molecule has 1 saturated carbocycles. The molecule has 1 saturated heterocycles. The number of esters is 2. The fraction of sp³-hybridized carbons (Fsp3) is 0.922. The van der Waals surface area contributed by atoms with Gasteiger partial charge in [0.15, 0.2) is 12.4 Å². The molecule has 1 aliphatic carbocycles. The van der Waals surface area contributed by atoms with Crippen molar-refractivity contribution in [2.45, 2.75) is 280 Å². The molecule has 9 N–H and O–H groups in total. The maximum absolute atomic E-state index is 13.4. The van der Waals surface area contributed by atoms with Gasteiger partial charge in [0.1, 0.15) is 67.6 Å². The SMILES string of the molecule is CCCCCCCCCC=CCCCCCC(=O)OCC(COP(=O)(O)OC1C(O)C(O)C(O)C(O)C1OC1OC(CO)C(O)C(O)C1O)OC(=O)CCCCCCCCCCCCCCCCCC. The molecule has 0 amide bonds. The summed E-state index contributed by atoms with van der Waals surface area (Å²) in [5.74, 6) is -1.23. The van der Waals surface area contributed by atoms with Crippen LogP contribution in [-0.4, -0.2) is 151 Å². The number of hydrogen-bond donors (Lipinski definition) is 9. The number of carbonyl (C=O) groups excluding carboxylic acids is 2. The molecule has 0 aromatic rings. The first-order valence-electron chi connectivity index (χ1n) is 27.0. The van der Waals surface area contributed by atoms with Crippen molar-refractivity contribution < 1.29 is 87.9 Å². The fourth-order valence-electron chi connectivity index (χ4n) is 8.76. The highest BCUT2D eigenvalue weighted by Gasteiger charge is 2.55. The van der Waals surface area contributed by atoms with Crippen LogP contribution in [0.2, 0.25) is 0 Å². The number of ether oxygens (including phenoxy) is 4. The van der Waals surface area contributed by atoms with Crippen LogP contribution in [0.15, 0.2) is 12.2 Å². The van der Waals surface area contributed by atoms with Crippen molar-refractivity contribution in [1.82, 2.24) is 0 Å². The van der Waals surface area contributed by atoms with Crippen LogP contribution >= 0.6 is 7.82 Å². The maximum atomic E-state index is 13.4. The molecule has 19 heteroatoms. The van der Waals surface area contributed by atoms with E-state index in [1.807, 2.05) is 0 Å². The van der Waals surface area contributed by atoms with Crippen molar-refractivity contribution in [1.29, 1.82) is 0 Å². The van der Waals surface area contributed by atoms with E-state index >= 15 is 0 Å². The third kappa shape index (κ3) is 27.1. The van der Waals surface area contributed by atoms with Crippen molar-refractivity contribution >= 4 is 19.8 Å². The molecule has 0 aromatic heterocycles. The molecular formula is C51H95O18P. The zero-order valence-electron chi connectivity index (χ0n) is 42.6. The van der Waals surface area contributed by atoms with Crippen LogP contribution in [0.3, 0.4) is 0 Å². The van der Waals surface area contributed by atoms with Gasteiger partial charge in [-0.3, -0.25) is 18.6 Å². The van der Waals surface area contributed by atoms with Gasteiger partial charge in [0.2, 0.25) is 0 Å². The monoisotopic (exact) mass is 1030 g/mol. The van der Waals surface area contributed by atoms with E-state index < -0.39 is 113 Å². The van der Waals surface area contributed by atoms with E-state index in [2.05, 4.69) is 26.0 Å². The molecule has 0 spiro atoms. The van der Waals surface area contributed by atoms with Crippen molar-refractivity contribution in [2.75, 3.05) is 19.8 Å². The lowest BCUT2D eigenvalue weighted by Crippen LogP contribution is -2.67. The molecule has 0 bridgehead atoms. The predicted molar refractivity (Wildman–Crippen MR) is 263 cm³/mol. The van der Waals surface area contributed by atoms with Gasteiger partial charge in [-0.15, -0.1) is 0 Å². The van der Waals surface area contributed by atoms with Gasteiger partial charge in [0.05, 0.1) is 13.2 Å². The lowest BCUT2D eigenvalue weighted by atomic mass is 9.84. The Kier molecular flexibility index (Phi) is 35.8. The van der Waals surface area contributed by atoms with E-state index in [0.717, 1.165) is 51.4 Å². The number of phosphoric ester groups is 1. The first kappa shape index (κ1) is 64.5. The summed E-state index contributed by atoms with van der Waals surface area (Å²) < 4.78 is 45.5. The van der Waals surface area contributed by atoms with Crippen LogP contribution in [0, 0.1) is 0 Å². The first-order valence-corrected chi connectivity index (χ1v) is 28.5. The molecule has 13 unspecified atom stereocenters. The number of aliphatic hydroxyl groups is 8. The minimum Gasteiger partial charge on any atom is -0.462 e. The Morgan fingerprint density at radius 3 is 1.43 bits per heavy atom. The molecule has 2 fully saturated rings. The molecule has 2 rings (SSSR count). The lowest BCUT2D eigenvalue weighted by Gasteiger charge is -2.47. The van der Waals surface area contributed by atoms with Crippen LogP contribution in [0.25, 0.3) is 0 Å². The third-order valence-corrected chi connectivity index (χ3v) is 14.2. The maximum Gasteiger partial charge on any atom is 0.472 e. The van der Waals surface area contributed by atoms with E-state index in [1.165, 1.54) is 116 Å². The summed E-state index contributed by atoms with van der Waals surface area (Å²) in [6.07, 6.45) is 12.9. The minimum absolute atomic E-state index is 0.0347. The quantitative estimate of drug-likeness (QED) is 0.0130. The second-order valence-electron chi connectivity index (χ2n) is 19.4. The van der Waals surface area contributed by atoms with Crippen LogP contribution in [0.1, 0.15) is 206 Å². The smallest absolute Gasteiger partial charge is 0.462 e. The zero-order chi connectivity index (χ0) is 51.6. The second kappa shape index (κ2) is 38.9. The van der Waals surface area contributed by atoms with Gasteiger partial charge in [-0.2, -0.15) is 0 Å². The Bertz CT molecular complexity index is 1410. The van der Waals surface area contributed by atoms with Crippen molar-refractivity contribution in [2.24, 2.45) is 0 Å². The number of unbranched alkanes of at least 4 members (excludes halogenated alkanes) is 25. The van der Waals surface area contributed by atoms with E-state index in [-0.39, 0.29) is 12.8 Å². The fourth-order valence-corrected chi connectivity index (χ4v) is 9.73. The van der Waals surface area contributed by atoms with Gasteiger partial charge in [0, 0.05) is 12.8 Å². The standard InChI is InChI=1S/C51H95O18P/c1-3-5-7-9-11-13-15-17-19-20-22-24-26-28-30-32-34-41(54)66-38(36-64-40(53)33-31-29-27-25-23-21-18-16-14-12-10-8-6-4-2)37-65-70(62,63)69-50-47(60)45(58)44(57)46(59)49(50)68-51-48(61)43(56)42(55)39(35-52)67-51/h21,23,38-39,42-52,55-61H,3-20,22,24-37H2,1-2H3,(H,62,63). The van der Waals surface area contributed by atoms with E-state index in [0.29, 0.717) is 12.8 Å². The van der Waals surface area contributed by atoms with Crippen LogP contribution < -0.4 is 0 Å². The highest BCUT2D eigenvalue weighted by Crippen LogP contribution is 2.48. The third-order valence-electron chi connectivity index (χ3n) is 13.2. The van der Waals surface area contributed by atoms with E-state index in [9.17, 15) is 59.9 Å². The Balaban J connectivity index is 1.92. The molecule has 18 nitrogen and oxygen atoms in total. The average molecular weight is 1030 g/mol. The number of carbonyl (C=O) groups is 2. The number of rotatable bonds is 42. The van der Waals surface area contributed by atoms with Crippen molar-refractivity contribution in [3.8, 4) is 0 Å². The van der Waals surface area contributed by atoms with Gasteiger partial charge < -0.3 is 64.7 Å².